The van der Waals surface area contributed by atoms with Gasteiger partial charge in [0.2, 0.25) is 0 Å². The minimum Gasteiger partial charge on any atom is -0.489 e. The van der Waals surface area contributed by atoms with Crippen LogP contribution in [-0.4, -0.2) is 5.78 Å². The van der Waals surface area contributed by atoms with Gasteiger partial charge in [-0.3, -0.25) is 4.79 Å². The first kappa shape index (κ1) is 12.0. The Hall–Kier alpha value is -2.09. The Bertz CT molecular complexity index is 629. The van der Waals surface area contributed by atoms with Crippen molar-refractivity contribution in [3.63, 3.8) is 0 Å². The zero-order chi connectivity index (χ0) is 13.2. The van der Waals surface area contributed by atoms with E-state index in [1.807, 2.05) is 30.3 Å². The molecule has 1 aliphatic carbocycles. The third kappa shape index (κ3) is 2.39. The highest BCUT2D eigenvalue weighted by molar-refractivity contribution is 6.00. The Morgan fingerprint density at radius 2 is 1.95 bits per heavy atom. The second kappa shape index (κ2) is 4.88. The van der Waals surface area contributed by atoms with Gasteiger partial charge in [-0.1, -0.05) is 30.3 Å². The van der Waals surface area contributed by atoms with E-state index in [1.54, 1.807) is 0 Å². The molecule has 0 aromatic heterocycles. The highest BCUT2D eigenvalue weighted by atomic mass is 16.5. The molecule has 1 aliphatic rings. The number of carbonyl (C=O) groups excluding carboxylic acids is 1. The molecule has 96 valence electrons. The van der Waals surface area contributed by atoms with E-state index < -0.39 is 0 Å². The monoisotopic (exact) mass is 252 g/mol. The van der Waals surface area contributed by atoms with Crippen LogP contribution in [0.3, 0.4) is 0 Å². The highest BCUT2D eigenvalue weighted by Crippen LogP contribution is 2.26. The van der Waals surface area contributed by atoms with Gasteiger partial charge in [0.25, 0.3) is 0 Å². The predicted molar refractivity (Wildman–Crippen MR) is 74.6 cm³/mol. The fourth-order valence-corrected chi connectivity index (χ4v) is 2.44. The first-order chi connectivity index (χ1) is 9.24. The highest BCUT2D eigenvalue weighted by Gasteiger charge is 2.19. The molecule has 2 aromatic carbocycles. The van der Waals surface area contributed by atoms with E-state index >= 15 is 0 Å². The molecule has 0 spiro atoms. The summed E-state index contributed by atoms with van der Waals surface area (Å²) in [5.41, 5.74) is 4.38. The fourth-order valence-electron chi connectivity index (χ4n) is 2.44. The standard InChI is InChI=1S/C17H16O2/c1-12-4-2-3-5-14(12)11-19-15-8-6-13-7-9-17(18)16(13)10-15/h2-6,8,10H,7,9,11H2,1H3. The predicted octanol–water partition coefficient (Wildman–Crippen LogP) is 3.70. The zero-order valence-corrected chi connectivity index (χ0v) is 11.0. The first-order valence-corrected chi connectivity index (χ1v) is 6.57. The van der Waals surface area contributed by atoms with Crippen LogP contribution in [0.25, 0.3) is 0 Å². The van der Waals surface area contributed by atoms with Crippen molar-refractivity contribution in [3.8, 4) is 5.75 Å². The van der Waals surface area contributed by atoms with Crippen LogP contribution in [-0.2, 0) is 13.0 Å². The fraction of sp³-hybridized carbons (Fsp3) is 0.235. The van der Waals surface area contributed by atoms with Crippen molar-refractivity contribution in [2.45, 2.75) is 26.4 Å². The molecule has 3 rings (SSSR count). The van der Waals surface area contributed by atoms with Crippen molar-refractivity contribution in [3.05, 3.63) is 64.7 Å². The van der Waals surface area contributed by atoms with Crippen LogP contribution in [0.4, 0.5) is 0 Å². The number of carbonyl (C=O) groups is 1. The maximum atomic E-state index is 11.7. The Labute approximate surface area is 113 Å². The molecule has 0 unspecified atom stereocenters. The van der Waals surface area contributed by atoms with Crippen LogP contribution < -0.4 is 4.74 Å². The minimum absolute atomic E-state index is 0.233. The second-order valence-electron chi connectivity index (χ2n) is 4.96. The number of hydrogen-bond donors (Lipinski definition) is 0. The number of aryl methyl sites for hydroxylation is 2. The summed E-state index contributed by atoms with van der Waals surface area (Å²) in [6, 6.07) is 14.0. The summed E-state index contributed by atoms with van der Waals surface area (Å²) in [5.74, 6) is 1.01. The van der Waals surface area contributed by atoms with Gasteiger partial charge in [-0.15, -0.1) is 0 Å². The van der Waals surface area contributed by atoms with E-state index in [2.05, 4.69) is 19.1 Å². The van der Waals surface area contributed by atoms with E-state index in [0.717, 1.165) is 23.3 Å². The van der Waals surface area contributed by atoms with Crippen LogP contribution in [0, 0.1) is 6.92 Å². The van der Waals surface area contributed by atoms with Gasteiger partial charge in [0.1, 0.15) is 12.4 Å². The summed E-state index contributed by atoms with van der Waals surface area (Å²) in [5, 5.41) is 0. The molecule has 0 atom stereocenters. The molecule has 0 amide bonds. The van der Waals surface area contributed by atoms with Crippen molar-refractivity contribution in [2.24, 2.45) is 0 Å². The van der Waals surface area contributed by atoms with Crippen LogP contribution in [0.1, 0.15) is 33.5 Å². The number of fused-ring (bicyclic) bond motifs is 1. The Balaban J connectivity index is 1.76. The van der Waals surface area contributed by atoms with Crippen molar-refractivity contribution in [1.29, 1.82) is 0 Å². The topological polar surface area (TPSA) is 26.3 Å². The molecule has 0 saturated heterocycles. The second-order valence-corrected chi connectivity index (χ2v) is 4.96. The van der Waals surface area contributed by atoms with E-state index in [9.17, 15) is 4.79 Å². The summed E-state index contributed by atoms with van der Waals surface area (Å²) in [6.07, 6.45) is 1.50. The maximum Gasteiger partial charge on any atom is 0.163 e. The van der Waals surface area contributed by atoms with Crippen molar-refractivity contribution >= 4 is 5.78 Å². The van der Waals surface area contributed by atoms with Crippen LogP contribution >= 0.6 is 0 Å². The number of hydrogen-bond acceptors (Lipinski definition) is 2. The summed E-state index contributed by atoms with van der Waals surface area (Å²) < 4.78 is 5.79. The Kier molecular flexibility index (Phi) is 3.08. The maximum absolute atomic E-state index is 11.7. The van der Waals surface area contributed by atoms with Crippen LogP contribution in [0.15, 0.2) is 42.5 Å². The molecule has 0 radical (unpaired) electrons. The molecule has 0 fully saturated rings. The van der Waals surface area contributed by atoms with Crippen molar-refractivity contribution in [1.82, 2.24) is 0 Å². The molecule has 19 heavy (non-hydrogen) atoms. The smallest absolute Gasteiger partial charge is 0.163 e. The molecule has 2 nitrogen and oxygen atoms in total. The third-order valence-corrected chi connectivity index (χ3v) is 3.66. The molecule has 0 aliphatic heterocycles. The summed E-state index contributed by atoms with van der Waals surface area (Å²) >= 11 is 0. The van der Waals surface area contributed by atoms with E-state index in [0.29, 0.717) is 13.0 Å². The van der Waals surface area contributed by atoms with Gasteiger partial charge in [0, 0.05) is 12.0 Å². The number of ether oxygens (including phenoxy) is 1. The van der Waals surface area contributed by atoms with Gasteiger partial charge in [0.15, 0.2) is 5.78 Å². The average molecular weight is 252 g/mol. The minimum atomic E-state index is 0.233. The largest absolute Gasteiger partial charge is 0.489 e. The van der Waals surface area contributed by atoms with Crippen LogP contribution in [0.5, 0.6) is 5.75 Å². The Morgan fingerprint density at radius 3 is 2.79 bits per heavy atom. The van der Waals surface area contributed by atoms with Gasteiger partial charge in [-0.05, 0) is 42.2 Å². The van der Waals surface area contributed by atoms with Crippen LogP contribution in [0.2, 0.25) is 0 Å². The molecule has 0 saturated carbocycles. The normalized spacial score (nSPS) is 13.4. The molecule has 0 heterocycles. The average Bonchev–Trinajstić information content (AvgIpc) is 2.79. The summed E-state index contributed by atoms with van der Waals surface area (Å²) in [4.78, 5) is 11.7. The van der Waals surface area contributed by atoms with Crippen molar-refractivity contribution in [2.75, 3.05) is 0 Å². The molecule has 2 aromatic rings. The Morgan fingerprint density at radius 1 is 1.11 bits per heavy atom. The van der Waals surface area contributed by atoms with Gasteiger partial charge in [-0.25, -0.2) is 0 Å². The summed E-state index contributed by atoms with van der Waals surface area (Å²) in [6.45, 7) is 2.62. The van der Waals surface area contributed by atoms with Gasteiger partial charge in [0.05, 0.1) is 0 Å². The molecular formula is C17H16O2. The molecule has 0 N–H and O–H groups in total. The molecule has 2 heteroatoms. The van der Waals surface area contributed by atoms with E-state index in [-0.39, 0.29) is 5.78 Å². The van der Waals surface area contributed by atoms with Gasteiger partial charge < -0.3 is 4.74 Å². The third-order valence-electron chi connectivity index (χ3n) is 3.66. The molecular weight excluding hydrogens is 236 g/mol. The number of rotatable bonds is 3. The SMILES string of the molecule is Cc1ccccc1COc1ccc2c(c1)C(=O)CC2. The molecule has 0 bridgehead atoms. The summed E-state index contributed by atoms with van der Waals surface area (Å²) in [7, 11) is 0. The van der Waals surface area contributed by atoms with E-state index in [1.165, 1.54) is 11.1 Å². The zero-order valence-electron chi connectivity index (χ0n) is 11.0. The number of Topliss-reactive ketones (excluding diaryl/α,β-unsaturated/α-hetero) is 1. The lowest BCUT2D eigenvalue weighted by Crippen LogP contribution is -1.99. The number of ketones is 1. The van der Waals surface area contributed by atoms with Crippen molar-refractivity contribution < 1.29 is 9.53 Å². The van der Waals surface area contributed by atoms with E-state index in [4.69, 9.17) is 4.74 Å². The lowest BCUT2D eigenvalue weighted by atomic mass is 10.1. The van der Waals surface area contributed by atoms with Gasteiger partial charge >= 0.3 is 0 Å². The number of benzene rings is 2. The lowest BCUT2D eigenvalue weighted by molar-refractivity contribution is 0.0994. The van der Waals surface area contributed by atoms with Gasteiger partial charge in [-0.2, -0.15) is 0 Å². The quantitative estimate of drug-likeness (QED) is 0.832. The lowest BCUT2D eigenvalue weighted by Gasteiger charge is -2.09. The first-order valence-electron chi connectivity index (χ1n) is 6.57.